The molecule has 0 aliphatic heterocycles. The van der Waals surface area contributed by atoms with Gasteiger partial charge in [0.1, 0.15) is 12.1 Å². The van der Waals surface area contributed by atoms with E-state index >= 15 is 0 Å². The van der Waals surface area contributed by atoms with E-state index in [2.05, 4.69) is 16.0 Å². The standard InChI is InChI=1S/C11H21N3O4/c1-5-8(10(16)17)14-11(18)13-7(4)9(15)12-6(2)3/h6-8H,5H2,1-4H3,(H,12,15)(H,16,17)(H2,13,14,18)/t7?,8-/m1/s1. The van der Waals surface area contributed by atoms with Crippen LogP contribution in [-0.2, 0) is 9.59 Å². The van der Waals surface area contributed by atoms with Gasteiger partial charge < -0.3 is 21.1 Å². The molecule has 104 valence electrons. The summed E-state index contributed by atoms with van der Waals surface area (Å²) in [5, 5.41) is 16.1. The van der Waals surface area contributed by atoms with Gasteiger partial charge in [0.25, 0.3) is 0 Å². The average molecular weight is 259 g/mol. The minimum absolute atomic E-state index is 0.0211. The van der Waals surface area contributed by atoms with Crippen molar-refractivity contribution in [3.05, 3.63) is 0 Å². The van der Waals surface area contributed by atoms with Crippen molar-refractivity contribution >= 4 is 17.9 Å². The van der Waals surface area contributed by atoms with Crippen LogP contribution in [0.3, 0.4) is 0 Å². The van der Waals surface area contributed by atoms with Crippen molar-refractivity contribution in [1.29, 1.82) is 0 Å². The molecule has 0 aromatic carbocycles. The number of carboxylic acid groups (broad SMARTS) is 1. The highest BCUT2D eigenvalue weighted by molar-refractivity contribution is 5.88. The fraction of sp³-hybridized carbons (Fsp3) is 0.727. The van der Waals surface area contributed by atoms with E-state index < -0.39 is 24.1 Å². The summed E-state index contributed by atoms with van der Waals surface area (Å²) < 4.78 is 0. The minimum atomic E-state index is -1.10. The largest absolute Gasteiger partial charge is 0.480 e. The molecule has 4 N–H and O–H groups in total. The molecule has 7 nitrogen and oxygen atoms in total. The van der Waals surface area contributed by atoms with Crippen LogP contribution in [0.25, 0.3) is 0 Å². The summed E-state index contributed by atoms with van der Waals surface area (Å²) in [6.07, 6.45) is 0.273. The molecule has 7 heteroatoms. The fourth-order valence-electron chi connectivity index (χ4n) is 1.21. The van der Waals surface area contributed by atoms with Gasteiger partial charge >= 0.3 is 12.0 Å². The van der Waals surface area contributed by atoms with E-state index in [4.69, 9.17) is 5.11 Å². The highest BCUT2D eigenvalue weighted by atomic mass is 16.4. The Balaban J connectivity index is 4.23. The Labute approximate surface area is 106 Å². The molecule has 0 heterocycles. The number of amides is 3. The maximum Gasteiger partial charge on any atom is 0.326 e. The first kappa shape index (κ1) is 16.2. The monoisotopic (exact) mass is 259 g/mol. The number of carboxylic acids is 1. The lowest BCUT2D eigenvalue weighted by Crippen LogP contribution is -2.52. The zero-order chi connectivity index (χ0) is 14.3. The van der Waals surface area contributed by atoms with Crippen LogP contribution in [0.1, 0.15) is 34.1 Å². The van der Waals surface area contributed by atoms with Crippen molar-refractivity contribution in [2.45, 2.75) is 52.2 Å². The lowest BCUT2D eigenvalue weighted by atomic mass is 10.2. The van der Waals surface area contributed by atoms with Gasteiger partial charge in [-0.05, 0) is 27.2 Å². The van der Waals surface area contributed by atoms with Gasteiger partial charge in [0.2, 0.25) is 5.91 Å². The minimum Gasteiger partial charge on any atom is -0.480 e. The van der Waals surface area contributed by atoms with Crippen LogP contribution >= 0.6 is 0 Å². The van der Waals surface area contributed by atoms with E-state index in [1.54, 1.807) is 6.92 Å². The van der Waals surface area contributed by atoms with Crippen LogP contribution in [0, 0.1) is 0 Å². The van der Waals surface area contributed by atoms with Crippen molar-refractivity contribution in [3.63, 3.8) is 0 Å². The molecule has 2 atom stereocenters. The van der Waals surface area contributed by atoms with E-state index in [-0.39, 0.29) is 18.4 Å². The fourth-order valence-corrected chi connectivity index (χ4v) is 1.21. The lowest BCUT2D eigenvalue weighted by molar-refractivity contribution is -0.139. The zero-order valence-corrected chi connectivity index (χ0v) is 11.1. The summed E-state index contributed by atoms with van der Waals surface area (Å²) in [5.74, 6) is -1.42. The quantitative estimate of drug-likeness (QED) is 0.541. The Bertz CT molecular complexity index is 317. The van der Waals surface area contributed by atoms with Crippen molar-refractivity contribution in [1.82, 2.24) is 16.0 Å². The third kappa shape index (κ3) is 6.07. The first-order valence-corrected chi connectivity index (χ1v) is 5.88. The van der Waals surface area contributed by atoms with E-state index in [0.29, 0.717) is 0 Å². The number of nitrogens with one attached hydrogen (secondary N) is 3. The topological polar surface area (TPSA) is 108 Å². The third-order valence-electron chi connectivity index (χ3n) is 2.18. The van der Waals surface area contributed by atoms with Crippen molar-refractivity contribution in [2.24, 2.45) is 0 Å². The first-order chi connectivity index (χ1) is 8.27. The zero-order valence-electron chi connectivity index (χ0n) is 11.1. The molecule has 3 amide bonds. The van der Waals surface area contributed by atoms with Gasteiger partial charge in [-0.2, -0.15) is 0 Å². The Kier molecular flexibility index (Phi) is 6.77. The van der Waals surface area contributed by atoms with Crippen LogP contribution in [0.2, 0.25) is 0 Å². The van der Waals surface area contributed by atoms with Gasteiger partial charge in [0, 0.05) is 6.04 Å². The number of hydrogen-bond acceptors (Lipinski definition) is 3. The predicted octanol–water partition coefficient (Wildman–Crippen LogP) is 0.0619. The summed E-state index contributed by atoms with van der Waals surface area (Å²) in [4.78, 5) is 33.7. The molecule has 0 aromatic heterocycles. The molecule has 0 aliphatic rings. The van der Waals surface area contributed by atoms with Crippen LogP contribution in [0.4, 0.5) is 4.79 Å². The Morgan fingerprint density at radius 1 is 1.06 bits per heavy atom. The molecular weight excluding hydrogens is 238 g/mol. The van der Waals surface area contributed by atoms with E-state index in [0.717, 1.165) is 0 Å². The average Bonchev–Trinajstić information content (AvgIpc) is 2.24. The molecule has 0 bridgehead atoms. The van der Waals surface area contributed by atoms with Gasteiger partial charge in [-0.15, -0.1) is 0 Å². The number of carbonyl (C=O) groups excluding carboxylic acids is 2. The molecule has 0 aromatic rings. The van der Waals surface area contributed by atoms with Gasteiger partial charge in [-0.25, -0.2) is 9.59 Å². The van der Waals surface area contributed by atoms with Crippen molar-refractivity contribution < 1.29 is 19.5 Å². The Morgan fingerprint density at radius 2 is 1.61 bits per heavy atom. The summed E-state index contributed by atoms with van der Waals surface area (Å²) in [7, 11) is 0. The van der Waals surface area contributed by atoms with Crippen LogP contribution < -0.4 is 16.0 Å². The van der Waals surface area contributed by atoms with Gasteiger partial charge in [-0.3, -0.25) is 4.79 Å². The van der Waals surface area contributed by atoms with Gasteiger partial charge in [0.05, 0.1) is 0 Å². The van der Waals surface area contributed by atoms with Crippen LogP contribution in [0.5, 0.6) is 0 Å². The second-order valence-electron chi connectivity index (χ2n) is 4.30. The number of carbonyl (C=O) groups is 3. The van der Waals surface area contributed by atoms with Crippen LogP contribution in [-0.4, -0.2) is 41.1 Å². The molecule has 18 heavy (non-hydrogen) atoms. The molecule has 1 unspecified atom stereocenters. The Hall–Kier alpha value is -1.79. The number of urea groups is 1. The highest BCUT2D eigenvalue weighted by Gasteiger charge is 2.20. The Morgan fingerprint density at radius 3 is 2.00 bits per heavy atom. The SMILES string of the molecule is CC[C@@H](NC(=O)NC(C)C(=O)NC(C)C)C(=O)O. The molecule has 0 spiro atoms. The van der Waals surface area contributed by atoms with E-state index in [1.807, 2.05) is 13.8 Å². The summed E-state index contributed by atoms with van der Waals surface area (Å²) >= 11 is 0. The first-order valence-electron chi connectivity index (χ1n) is 5.88. The summed E-state index contributed by atoms with van der Waals surface area (Å²) in [5.41, 5.74) is 0. The molecule has 0 saturated heterocycles. The second-order valence-corrected chi connectivity index (χ2v) is 4.30. The summed E-state index contributed by atoms with van der Waals surface area (Å²) in [6, 6.07) is -2.37. The molecular formula is C11H21N3O4. The summed E-state index contributed by atoms with van der Waals surface area (Å²) in [6.45, 7) is 6.79. The van der Waals surface area contributed by atoms with Gasteiger partial charge in [-0.1, -0.05) is 6.92 Å². The lowest BCUT2D eigenvalue weighted by Gasteiger charge is -2.18. The second kappa shape index (κ2) is 7.52. The molecule has 0 saturated carbocycles. The van der Waals surface area contributed by atoms with Crippen LogP contribution in [0.15, 0.2) is 0 Å². The number of hydrogen-bond donors (Lipinski definition) is 4. The number of rotatable bonds is 6. The molecule has 0 fully saturated rings. The third-order valence-corrected chi connectivity index (χ3v) is 2.18. The molecule has 0 aliphatic carbocycles. The van der Waals surface area contributed by atoms with Crippen molar-refractivity contribution in [2.75, 3.05) is 0 Å². The maximum atomic E-state index is 11.5. The van der Waals surface area contributed by atoms with Crippen molar-refractivity contribution in [3.8, 4) is 0 Å². The molecule has 0 rings (SSSR count). The number of aliphatic carboxylic acids is 1. The molecule has 0 radical (unpaired) electrons. The normalized spacial score (nSPS) is 13.6. The van der Waals surface area contributed by atoms with E-state index in [1.165, 1.54) is 6.92 Å². The maximum absolute atomic E-state index is 11.5. The smallest absolute Gasteiger partial charge is 0.326 e. The van der Waals surface area contributed by atoms with E-state index in [9.17, 15) is 14.4 Å². The predicted molar refractivity (Wildman–Crippen MR) is 66.1 cm³/mol. The van der Waals surface area contributed by atoms with Gasteiger partial charge in [0.15, 0.2) is 0 Å². The highest BCUT2D eigenvalue weighted by Crippen LogP contribution is 1.91.